The molecule has 0 spiro atoms. The third kappa shape index (κ3) is 8.73. The minimum absolute atomic E-state index is 0.000813. The molecule has 0 aromatic carbocycles. The number of carbonyl (C=O) groups is 1. The zero-order valence-corrected chi connectivity index (χ0v) is 31.3. The Hall–Kier alpha value is -3.28. The fraction of sp³-hybridized carbons (Fsp3) is 0.737. The summed E-state index contributed by atoms with van der Waals surface area (Å²) >= 11 is 0. The van der Waals surface area contributed by atoms with Crippen molar-refractivity contribution in [3.8, 4) is 0 Å². The molecule has 5 saturated carbocycles. The van der Waals surface area contributed by atoms with Gasteiger partial charge in [0.1, 0.15) is 11.4 Å². The third-order valence-corrected chi connectivity index (χ3v) is 12.3. The molecular formula is C38H55F2N9O5. The largest absolute Gasteiger partial charge is 0.377 e. The highest BCUT2D eigenvalue weighted by atomic mass is 19.3. The maximum atomic E-state index is 14.1. The van der Waals surface area contributed by atoms with Crippen LogP contribution in [-0.4, -0.2) is 114 Å². The van der Waals surface area contributed by atoms with Crippen LogP contribution in [0.4, 0.5) is 20.3 Å². The van der Waals surface area contributed by atoms with E-state index >= 15 is 0 Å². The molecule has 9 rings (SSSR count). The van der Waals surface area contributed by atoms with Crippen molar-refractivity contribution < 1.29 is 32.6 Å². The maximum absolute atomic E-state index is 14.1. The van der Waals surface area contributed by atoms with Gasteiger partial charge in [-0.25, -0.2) is 18.3 Å². The number of carbonyl (C=O) groups excluding carboxylic acids is 1. The third-order valence-electron chi connectivity index (χ3n) is 12.3. The molecule has 4 heterocycles. The monoisotopic (exact) mass is 755 g/mol. The van der Waals surface area contributed by atoms with Gasteiger partial charge in [-0.3, -0.25) is 14.3 Å². The number of halogens is 2. The molecule has 0 unspecified atom stereocenters. The van der Waals surface area contributed by atoms with Gasteiger partial charge in [0.15, 0.2) is 18.1 Å². The maximum Gasteiger partial charge on any atom is 0.284 e. The number of anilines is 2. The lowest BCUT2D eigenvalue weighted by molar-refractivity contribution is -0.220. The first kappa shape index (κ1) is 37.6. The lowest BCUT2D eigenvalue weighted by Crippen LogP contribution is -2.52. The van der Waals surface area contributed by atoms with Gasteiger partial charge in [-0.1, -0.05) is 0 Å². The summed E-state index contributed by atoms with van der Waals surface area (Å²) in [5, 5.41) is 16.3. The number of hydrogen-bond acceptors (Lipinski definition) is 11. The van der Waals surface area contributed by atoms with Gasteiger partial charge in [0.25, 0.3) is 12.3 Å². The predicted octanol–water partition coefficient (Wildman–Crippen LogP) is 5.10. The van der Waals surface area contributed by atoms with Gasteiger partial charge < -0.3 is 29.7 Å². The van der Waals surface area contributed by atoms with E-state index in [1.807, 2.05) is 18.2 Å². The first-order chi connectivity index (χ1) is 26.3. The number of alkyl halides is 2. The Balaban J connectivity index is 0.737. The quantitative estimate of drug-likeness (QED) is 0.108. The Morgan fingerprint density at radius 2 is 1.72 bits per heavy atom. The van der Waals surface area contributed by atoms with Crippen LogP contribution in [0, 0.1) is 23.7 Å². The second kappa shape index (κ2) is 16.8. The highest BCUT2D eigenvalue weighted by Gasteiger charge is 2.51. The van der Waals surface area contributed by atoms with E-state index in [1.54, 1.807) is 10.9 Å². The highest BCUT2D eigenvalue weighted by Crippen LogP contribution is 2.57. The van der Waals surface area contributed by atoms with E-state index in [9.17, 15) is 13.6 Å². The molecule has 6 fully saturated rings. The van der Waals surface area contributed by atoms with Gasteiger partial charge in [0.2, 0.25) is 0 Å². The molecule has 0 radical (unpaired) electrons. The number of piperazine rings is 1. The van der Waals surface area contributed by atoms with E-state index in [2.05, 4.69) is 30.7 Å². The molecule has 4 bridgehead atoms. The second-order valence-electron chi connectivity index (χ2n) is 16.2. The second-order valence-corrected chi connectivity index (χ2v) is 16.2. The zero-order valence-electron chi connectivity index (χ0n) is 31.3. The van der Waals surface area contributed by atoms with Gasteiger partial charge in [-0.2, -0.15) is 15.3 Å². The molecule has 296 valence electrons. The van der Waals surface area contributed by atoms with Crippen LogP contribution in [0.1, 0.15) is 92.7 Å². The number of fused-ring (bicyclic) bond motifs is 1. The molecule has 14 nitrogen and oxygen atoms in total. The zero-order chi connectivity index (χ0) is 37.1. The van der Waals surface area contributed by atoms with Crippen molar-refractivity contribution in [2.24, 2.45) is 23.7 Å². The molecule has 3 aromatic rings. The standard InChI is InChI=1S/C38H55F2N9O5/c1-46(54-25-52-13-12-51-14-15-53-38-19-27-16-28(20-38)18-29(17-27)21-38)23-26-2-4-30(5-3-26)49-24-32(34(45-49)35(39)40)43-37(50)31-22-42-48-9-6-33(44-36(31)48)47-10-7-41-8-11-47/h6,9,22,24,26-30,35,41H,2-5,7-8,10-21,23,25H2,1H3,(H,43,50)/t26-,27?,28?,29?,30-,38?. The molecule has 1 aliphatic heterocycles. The van der Waals surface area contributed by atoms with E-state index in [0.29, 0.717) is 38.0 Å². The molecule has 6 aliphatic rings. The van der Waals surface area contributed by atoms with Crippen molar-refractivity contribution in [2.45, 2.75) is 82.3 Å². The molecule has 1 amide bonds. The number of rotatable bonds is 17. The van der Waals surface area contributed by atoms with E-state index in [0.717, 1.165) is 82.0 Å². The number of amides is 1. The van der Waals surface area contributed by atoms with Crippen LogP contribution >= 0.6 is 0 Å². The van der Waals surface area contributed by atoms with Crippen LogP contribution in [0.3, 0.4) is 0 Å². The van der Waals surface area contributed by atoms with Gasteiger partial charge in [-0.15, -0.1) is 0 Å². The number of hydrogen-bond donors (Lipinski definition) is 2. The summed E-state index contributed by atoms with van der Waals surface area (Å²) in [4.78, 5) is 26.0. The van der Waals surface area contributed by atoms with Crippen molar-refractivity contribution in [1.29, 1.82) is 0 Å². The summed E-state index contributed by atoms with van der Waals surface area (Å²) < 4.78 is 49.2. The molecule has 5 aliphatic carbocycles. The summed E-state index contributed by atoms with van der Waals surface area (Å²) in [5.74, 6) is 3.22. The van der Waals surface area contributed by atoms with Gasteiger partial charge in [-0.05, 0) is 93.9 Å². The van der Waals surface area contributed by atoms with Crippen LogP contribution in [0.2, 0.25) is 0 Å². The van der Waals surface area contributed by atoms with E-state index in [-0.39, 0.29) is 29.7 Å². The van der Waals surface area contributed by atoms with Crippen LogP contribution in [0.15, 0.2) is 24.7 Å². The molecule has 0 atom stereocenters. The Morgan fingerprint density at radius 1 is 1.02 bits per heavy atom. The van der Waals surface area contributed by atoms with Crippen LogP contribution in [0.5, 0.6) is 0 Å². The lowest BCUT2D eigenvalue weighted by atomic mass is 9.54. The van der Waals surface area contributed by atoms with Crippen molar-refractivity contribution in [3.63, 3.8) is 0 Å². The fourth-order valence-corrected chi connectivity index (χ4v) is 10.1. The van der Waals surface area contributed by atoms with Crippen LogP contribution in [-0.2, 0) is 19.0 Å². The van der Waals surface area contributed by atoms with E-state index in [1.165, 1.54) is 55.4 Å². The van der Waals surface area contributed by atoms with Gasteiger partial charge in [0, 0.05) is 52.2 Å². The fourth-order valence-electron chi connectivity index (χ4n) is 10.1. The Labute approximate surface area is 315 Å². The highest BCUT2D eigenvalue weighted by molar-refractivity contribution is 6.08. The molecular weight excluding hydrogens is 700 g/mol. The van der Waals surface area contributed by atoms with E-state index < -0.39 is 18.0 Å². The summed E-state index contributed by atoms with van der Waals surface area (Å²) in [6.45, 7) is 6.37. The summed E-state index contributed by atoms with van der Waals surface area (Å²) in [6.07, 6.45) is 13.2. The summed E-state index contributed by atoms with van der Waals surface area (Å²) in [6, 6.07) is 1.81. The Morgan fingerprint density at radius 3 is 2.44 bits per heavy atom. The number of aromatic nitrogens is 5. The van der Waals surface area contributed by atoms with Crippen molar-refractivity contribution >= 4 is 23.1 Å². The lowest BCUT2D eigenvalue weighted by Gasteiger charge is -2.56. The van der Waals surface area contributed by atoms with Gasteiger partial charge >= 0.3 is 0 Å². The van der Waals surface area contributed by atoms with E-state index in [4.69, 9.17) is 19.0 Å². The number of ether oxygens (including phenoxy) is 3. The minimum atomic E-state index is -2.84. The molecule has 1 saturated heterocycles. The first-order valence-corrected chi connectivity index (χ1v) is 19.9. The average molecular weight is 756 g/mol. The van der Waals surface area contributed by atoms with Crippen molar-refractivity contribution in [1.82, 2.24) is 34.8 Å². The number of nitrogens with one attached hydrogen (secondary N) is 2. The smallest absolute Gasteiger partial charge is 0.284 e. The van der Waals surface area contributed by atoms with Crippen LogP contribution < -0.4 is 15.5 Å². The Bertz CT molecular complexity index is 1670. The molecule has 54 heavy (non-hydrogen) atoms. The van der Waals surface area contributed by atoms with Crippen LogP contribution in [0.25, 0.3) is 5.65 Å². The van der Waals surface area contributed by atoms with Gasteiger partial charge in [0.05, 0.1) is 50.0 Å². The number of nitrogens with zero attached hydrogens (tertiary/aromatic N) is 7. The first-order valence-electron chi connectivity index (χ1n) is 19.9. The van der Waals surface area contributed by atoms with Crippen molar-refractivity contribution in [2.75, 3.05) is 83.2 Å². The number of hydroxylamine groups is 2. The normalized spacial score (nSPS) is 28.2. The summed E-state index contributed by atoms with van der Waals surface area (Å²) in [7, 11) is 1.90. The minimum Gasteiger partial charge on any atom is -0.377 e. The average Bonchev–Trinajstić information content (AvgIpc) is 3.79. The Kier molecular flexibility index (Phi) is 11.7. The predicted molar refractivity (Wildman–Crippen MR) is 196 cm³/mol. The molecule has 16 heteroatoms. The van der Waals surface area contributed by atoms with Crippen molar-refractivity contribution in [3.05, 3.63) is 35.9 Å². The SMILES string of the molecule is CN(C[C@H]1CC[C@H](n2cc(NC(=O)c3cnn4ccc(N5CCNCC5)nc34)c(C(F)F)n2)CC1)OCOCCOCCOC12CC3CC(CC(C3)C1)C2. The summed E-state index contributed by atoms with van der Waals surface area (Å²) in [5.41, 5.74) is 0.252. The molecule has 3 aromatic heterocycles. The molecule has 2 N–H and O–H groups in total. The topological polar surface area (TPSA) is 133 Å².